The van der Waals surface area contributed by atoms with E-state index >= 15 is 0 Å². The summed E-state index contributed by atoms with van der Waals surface area (Å²) in [6.07, 6.45) is 1.99. The first-order chi connectivity index (χ1) is 13.0. The van der Waals surface area contributed by atoms with Crippen LogP contribution in [0.5, 0.6) is 0 Å². The van der Waals surface area contributed by atoms with Crippen molar-refractivity contribution in [3.8, 4) is 11.4 Å². The fraction of sp³-hybridized carbons (Fsp3) is 0.471. The largest absolute Gasteiger partial charge is 0.339 e. The van der Waals surface area contributed by atoms with Crippen molar-refractivity contribution in [3.63, 3.8) is 0 Å². The van der Waals surface area contributed by atoms with E-state index in [1.165, 1.54) is 23.2 Å². The number of urea groups is 1. The molecular formula is C17H17F2N5O3. The molecule has 10 heteroatoms. The lowest BCUT2D eigenvalue weighted by atomic mass is 9.98. The first-order valence-corrected chi connectivity index (χ1v) is 8.70. The second kappa shape index (κ2) is 6.67. The lowest BCUT2D eigenvalue weighted by Crippen LogP contribution is -2.44. The Labute approximate surface area is 152 Å². The minimum atomic E-state index is -2.65. The highest BCUT2D eigenvalue weighted by Gasteiger charge is 2.52. The summed E-state index contributed by atoms with van der Waals surface area (Å²) in [4.78, 5) is 33.7. The molecule has 27 heavy (non-hydrogen) atoms. The molecule has 1 aliphatic carbocycles. The number of alkyl halides is 2. The smallest absolute Gasteiger partial charge is 0.325 e. The van der Waals surface area contributed by atoms with Gasteiger partial charge in [-0.2, -0.15) is 4.98 Å². The normalized spacial score (nSPS) is 18.7. The molecule has 1 spiro atoms. The molecule has 2 aliphatic rings. The van der Waals surface area contributed by atoms with Crippen LogP contribution < -0.4 is 5.32 Å². The maximum atomic E-state index is 12.6. The molecular weight excluding hydrogens is 360 g/mol. The zero-order valence-electron chi connectivity index (χ0n) is 14.3. The molecule has 3 amide bonds. The molecule has 0 atom stereocenters. The number of aromatic nitrogens is 3. The van der Waals surface area contributed by atoms with Crippen LogP contribution in [0, 0.1) is 0 Å². The van der Waals surface area contributed by atoms with Crippen molar-refractivity contribution >= 4 is 11.9 Å². The van der Waals surface area contributed by atoms with Crippen molar-refractivity contribution in [2.45, 2.75) is 44.1 Å². The summed E-state index contributed by atoms with van der Waals surface area (Å²) >= 11 is 0. The lowest BCUT2D eigenvalue weighted by Gasteiger charge is -2.19. The van der Waals surface area contributed by atoms with Gasteiger partial charge in [0.05, 0.1) is 0 Å². The molecule has 0 unspecified atom stereocenters. The van der Waals surface area contributed by atoms with Crippen molar-refractivity contribution in [1.29, 1.82) is 0 Å². The minimum absolute atomic E-state index is 0.136. The Balaban J connectivity index is 1.41. The zero-order valence-corrected chi connectivity index (χ0v) is 14.3. The van der Waals surface area contributed by atoms with Crippen molar-refractivity contribution in [3.05, 3.63) is 29.9 Å². The van der Waals surface area contributed by atoms with Gasteiger partial charge >= 0.3 is 6.03 Å². The van der Waals surface area contributed by atoms with Crippen LogP contribution in [0.15, 0.2) is 22.9 Å². The van der Waals surface area contributed by atoms with Crippen LogP contribution in [0.25, 0.3) is 11.4 Å². The average molecular weight is 377 g/mol. The van der Waals surface area contributed by atoms with Crippen molar-refractivity contribution in [2.24, 2.45) is 0 Å². The number of nitrogens with zero attached hydrogens (tertiary/aromatic N) is 4. The van der Waals surface area contributed by atoms with Gasteiger partial charge < -0.3 is 9.84 Å². The molecule has 0 bridgehead atoms. The molecule has 1 N–H and O–H groups in total. The third-order valence-electron chi connectivity index (χ3n) is 4.99. The van der Waals surface area contributed by atoms with Crippen molar-refractivity contribution in [1.82, 2.24) is 25.3 Å². The van der Waals surface area contributed by atoms with Gasteiger partial charge in [-0.05, 0) is 25.0 Å². The van der Waals surface area contributed by atoms with Gasteiger partial charge in [-0.3, -0.25) is 14.7 Å². The molecule has 3 heterocycles. The summed E-state index contributed by atoms with van der Waals surface area (Å²) in [5.74, 6) is 0.259. The predicted octanol–water partition coefficient (Wildman–Crippen LogP) is 2.48. The number of carbonyl (C=O) groups is 2. The standard InChI is InChI=1S/C17H17F2N5O3/c18-13(19)11-4-3-10(9-20-11)14-21-12(27-23-14)5-8-24-15(25)17(22-16(24)26)6-1-2-7-17/h3-4,9,13H,1-2,5-8H2,(H,22,26). The molecule has 1 saturated heterocycles. The first-order valence-electron chi connectivity index (χ1n) is 8.70. The highest BCUT2D eigenvalue weighted by atomic mass is 19.3. The summed E-state index contributed by atoms with van der Waals surface area (Å²) in [5.41, 5.74) is -0.633. The number of carbonyl (C=O) groups excluding carboxylic acids is 2. The third-order valence-corrected chi connectivity index (χ3v) is 4.99. The highest BCUT2D eigenvalue weighted by Crippen LogP contribution is 2.35. The molecule has 1 saturated carbocycles. The Hall–Kier alpha value is -2.91. The molecule has 2 fully saturated rings. The highest BCUT2D eigenvalue weighted by molar-refractivity contribution is 6.07. The third kappa shape index (κ3) is 3.15. The summed E-state index contributed by atoms with van der Waals surface area (Å²) in [5, 5.41) is 6.61. The van der Waals surface area contributed by atoms with E-state index < -0.39 is 18.0 Å². The van der Waals surface area contributed by atoms with Crippen LogP contribution in [0.2, 0.25) is 0 Å². The van der Waals surface area contributed by atoms with Gasteiger partial charge in [0.2, 0.25) is 11.7 Å². The molecule has 0 radical (unpaired) electrons. The van der Waals surface area contributed by atoms with Crippen LogP contribution in [-0.2, 0) is 11.2 Å². The fourth-order valence-electron chi connectivity index (χ4n) is 3.54. The Morgan fingerprint density at radius 1 is 1.26 bits per heavy atom. The second-order valence-corrected chi connectivity index (χ2v) is 6.71. The summed E-state index contributed by atoms with van der Waals surface area (Å²) in [7, 11) is 0. The van der Waals surface area contributed by atoms with Crippen LogP contribution in [0.4, 0.5) is 13.6 Å². The van der Waals surface area contributed by atoms with Gasteiger partial charge in [-0.25, -0.2) is 13.6 Å². The molecule has 8 nitrogen and oxygen atoms in total. The quantitative estimate of drug-likeness (QED) is 0.804. The Morgan fingerprint density at radius 2 is 2.04 bits per heavy atom. The lowest BCUT2D eigenvalue weighted by molar-refractivity contribution is -0.131. The van der Waals surface area contributed by atoms with E-state index in [2.05, 4.69) is 20.4 Å². The van der Waals surface area contributed by atoms with Crippen molar-refractivity contribution < 1.29 is 22.9 Å². The maximum absolute atomic E-state index is 12.6. The van der Waals surface area contributed by atoms with Gasteiger partial charge in [0.1, 0.15) is 11.2 Å². The van der Waals surface area contributed by atoms with Crippen LogP contribution in [-0.4, -0.2) is 44.0 Å². The number of halogens is 2. The van der Waals surface area contributed by atoms with E-state index in [-0.39, 0.29) is 36.3 Å². The Morgan fingerprint density at radius 3 is 2.70 bits per heavy atom. The van der Waals surface area contributed by atoms with Crippen LogP contribution in [0.3, 0.4) is 0 Å². The van der Waals surface area contributed by atoms with Crippen molar-refractivity contribution in [2.75, 3.05) is 6.54 Å². The van der Waals surface area contributed by atoms with Gasteiger partial charge in [-0.1, -0.05) is 18.0 Å². The first kappa shape index (κ1) is 17.5. The van der Waals surface area contributed by atoms with Gasteiger partial charge in [-0.15, -0.1) is 0 Å². The number of rotatable bonds is 5. The van der Waals surface area contributed by atoms with Gasteiger partial charge in [0.25, 0.3) is 12.3 Å². The summed E-state index contributed by atoms with van der Waals surface area (Å²) in [6.45, 7) is 0.136. The van der Waals surface area contributed by atoms with Crippen LogP contribution in [0.1, 0.15) is 43.7 Å². The number of amides is 3. The predicted molar refractivity (Wildman–Crippen MR) is 87.6 cm³/mol. The zero-order chi connectivity index (χ0) is 19.0. The average Bonchev–Trinajstić information content (AvgIpc) is 3.36. The van der Waals surface area contributed by atoms with E-state index in [9.17, 15) is 18.4 Å². The van der Waals surface area contributed by atoms with E-state index in [4.69, 9.17) is 4.52 Å². The summed E-state index contributed by atoms with van der Waals surface area (Å²) in [6, 6.07) is 2.24. The Kier molecular flexibility index (Phi) is 4.33. The number of hydrogen-bond donors (Lipinski definition) is 1. The summed E-state index contributed by atoms with van der Waals surface area (Å²) < 4.78 is 30.2. The topological polar surface area (TPSA) is 101 Å². The number of hydrogen-bond acceptors (Lipinski definition) is 6. The Bertz CT molecular complexity index is 862. The number of imide groups is 1. The fourth-order valence-corrected chi connectivity index (χ4v) is 3.54. The monoisotopic (exact) mass is 377 g/mol. The molecule has 0 aromatic carbocycles. The van der Waals surface area contributed by atoms with E-state index in [0.29, 0.717) is 18.4 Å². The van der Waals surface area contributed by atoms with Gasteiger partial charge in [0, 0.05) is 24.7 Å². The van der Waals surface area contributed by atoms with E-state index in [1.54, 1.807) is 0 Å². The molecule has 142 valence electrons. The second-order valence-electron chi connectivity index (χ2n) is 6.71. The van der Waals surface area contributed by atoms with E-state index in [0.717, 1.165) is 12.8 Å². The maximum Gasteiger partial charge on any atom is 0.325 e. The molecule has 2 aromatic rings. The molecule has 1 aliphatic heterocycles. The SMILES string of the molecule is O=C1NC2(CCCC2)C(=O)N1CCc1nc(-c2ccc(C(F)F)nc2)no1. The van der Waals surface area contributed by atoms with Crippen LogP contribution >= 0.6 is 0 Å². The molecule has 4 rings (SSSR count). The molecule has 2 aromatic heterocycles. The van der Waals surface area contributed by atoms with E-state index in [1.807, 2.05) is 0 Å². The number of nitrogens with one attached hydrogen (secondary N) is 1. The number of pyridine rings is 1. The minimum Gasteiger partial charge on any atom is -0.339 e. The van der Waals surface area contributed by atoms with Gasteiger partial charge in [0.15, 0.2) is 0 Å².